The van der Waals surface area contributed by atoms with Gasteiger partial charge < -0.3 is 10.1 Å². The number of hydrogen-bond donors (Lipinski definition) is 1. The zero-order chi connectivity index (χ0) is 19.8. The minimum atomic E-state index is -0.467. The van der Waals surface area contributed by atoms with E-state index in [2.05, 4.69) is 5.32 Å². The fourth-order valence-corrected chi connectivity index (χ4v) is 3.57. The van der Waals surface area contributed by atoms with Crippen LogP contribution >= 0.6 is 0 Å². The Morgan fingerprint density at radius 1 is 1.04 bits per heavy atom. The maximum Gasteiger partial charge on any atom is 0.338 e. The van der Waals surface area contributed by atoms with Gasteiger partial charge in [0.25, 0.3) is 5.91 Å². The Morgan fingerprint density at radius 3 is 2.50 bits per heavy atom. The standard InChI is InChI=1S/C22H18N2O4/c1-13-15(22(27)28-2)8-5-10-17(13)23-19(25)12-24-18-11-4-7-14-6-3-9-16(20(14)18)21(24)26/h3-11H,12H2,1-2H3,(H,23,25). The van der Waals surface area contributed by atoms with Crippen molar-refractivity contribution in [3.05, 3.63) is 71.3 Å². The van der Waals surface area contributed by atoms with E-state index in [1.54, 1.807) is 31.2 Å². The predicted octanol–water partition coefficient (Wildman–Crippen LogP) is 3.53. The first-order chi connectivity index (χ1) is 13.5. The third-order valence-corrected chi connectivity index (χ3v) is 4.96. The molecular weight excluding hydrogens is 356 g/mol. The molecule has 0 radical (unpaired) electrons. The molecule has 1 aliphatic rings. The molecule has 3 aromatic rings. The Balaban J connectivity index is 1.59. The molecule has 2 amide bonds. The number of nitrogens with one attached hydrogen (secondary N) is 1. The van der Waals surface area contributed by atoms with Crippen molar-refractivity contribution in [2.45, 2.75) is 6.92 Å². The Bertz CT molecular complexity index is 1130. The molecular formula is C22H18N2O4. The lowest BCUT2D eigenvalue weighted by Crippen LogP contribution is -2.35. The molecule has 0 aromatic heterocycles. The van der Waals surface area contributed by atoms with Crippen LogP contribution in [0.15, 0.2) is 54.6 Å². The molecule has 4 rings (SSSR count). The minimum Gasteiger partial charge on any atom is -0.465 e. The maximum absolute atomic E-state index is 12.8. The van der Waals surface area contributed by atoms with E-state index in [-0.39, 0.29) is 18.4 Å². The fourth-order valence-electron chi connectivity index (χ4n) is 3.57. The van der Waals surface area contributed by atoms with Crippen molar-refractivity contribution in [1.29, 1.82) is 0 Å². The molecule has 1 heterocycles. The molecule has 3 aromatic carbocycles. The summed E-state index contributed by atoms with van der Waals surface area (Å²) in [6.07, 6.45) is 0. The van der Waals surface area contributed by atoms with E-state index >= 15 is 0 Å². The second-order valence-corrected chi connectivity index (χ2v) is 6.59. The third-order valence-electron chi connectivity index (χ3n) is 4.96. The second kappa shape index (κ2) is 6.81. The molecule has 0 atom stereocenters. The molecule has 0 spiro atoms. The lowest BCUT2D eigenvalue weighted by atomic mass is 10.1. The normalized spacial score (nSPS) is 12.4. The number of amides is 2. The van der Waals surface area contributed by atoms with Crippen LogP contribution in [0, 0.1) is 6.92 Å². The van der Waals surface area contributed by atoms with Crippen LogP contribution in [0.25, 0.3) is 10.8 Å². The Hall–Kier alpha value is -3.67. The van der Waals surface area contributed by atoms with Gasteiger partial charge in [-0.15, -0.1) is 0 Å². The molecule has 1 aliphatic heterocycles. The largest absolute Gasteiger partial charge is 0.465 e. The van der Waals surface area contributed by atoms with Gasteiger partial charge in [0.2, 0.25) is 5.91 Å². The van der Waals surface area contributed by atoms with E-state index in [1.807, 2.05) is 30.3 Å². The highest BCUT2D eigenvalue weighted by atomic mass is 16.5. The van der Waals surface area contributed by atoms with E-state index in [1.165, 1.54) is 12.0 Å². The first-order valence-electron chi connectivity index (χ1n) is 8.82. The highest BCUT2D eigenvalue weighted by Gasteiger charge is 2.31. The molecule has 0 bridgehead atoms. The van der Waals surface area contributed by atoms with Gasteiger partial charge in [-0.2, -0.15) is 0 Å². The zero-order valence-corrected chi connectivity index (χ0v) is 15.5. The van der Waals surface area contributed by atoms with Crippen molar-refractivity contribution in [2.75, 3.05) is 23.9 Å². The van der Waals surface area contributed by atoms with Crippen molar-refractivity contribution in [3.8, 4) is 0 Å². The van der Waals surface area contributed by atoms with E-state index in [4.69, 9.17) is 4.74 Å². The van der Waals surface area contributed by atoms with Crippen molar-refractivity contribution >= 4 is 39.9 Å². The van der Waals surface area contributed by atoms with Gasteiger partial charge in [0.1, 0.15) is 6.54 Å². The number of carbonyl (C=O) groups is 3. The van der Waals surface area contributed by atoms with Crippen LogP contribution in [-0.2, 0) is 9.53 Å². The highest BCUT2D eigenvalue weighted by molar-refractivity contribution is 6.26. The van der Waals surface area contributed by atoms with Crippen LogP contribution in [0.3, 0.4) is 0 Å². The summed E-state index contributed by atoms with van der Waals surface area (Å²) < 4.78 is 4.76. The number of esters is 1. The average Bonchev–Trinajstić information content (AvgIpc) is 2.97. The van der Waals surface area contributed by atoms with Crippen molar-refractivity contribution < 1.29 is 19.1 Å². The summed E-state index contributed by atoms with van der Waals surface area (Å²) in [6.45, 7) is 1.62. The van der Waals surface area contributed by atoms with E-state index in [0.29, 0.717) is 22.4 Å². The van der Waals surface area contributed by atoms with Gasteiger partial charge in [0.05, 0.1) is 18.4 Å². The topological polar surface area (TPSA) is 75.7 Å². The number of rotatable bonds is 4. The summed E-state index contributed by atoms with van der Waals surface area (Å²) in [5.41, 5.74) is 2.84. The summed E-state index contributed by atoms with van der Waals surface area (Å²) >= 11 is 0. The van der Waals surface area contributed by atoms with Crippen LogP contribution in [0.4, 0.5) is 11.4 Å². The van der Waals surface area contributed by atoms with Crippen molar-refractivity contribution in [2.24, 2.45) is 0 Å². The number of benzene rings is 3. The Kier molecular flexibility index (Phi) is 4.31. The van der Waals surface area contributed by atoms with Gasteiger partial charge in [-0.1, -0.05) is 30.3 Å². The van der Waals surface area contributed by atoms with Gasteiger partial charge >= 0.3 is 5.97 Å². The van der Waals surface area contributed by atoms with Gasteiger partial charge in [0, 0.05) is 16.6 Å². The Morgan fingerprint density at radius 2 is 1.75 bits per heavy atom. The summed E-state index contributed by atoms with van der Waals surface area (Å²) in [7, 11) is 1.31. The number of carbonyl (C=O) groups excluding carboxylic acids is 3. The first kappa shape index (κ1) is 17.7. The van der Waals surface area contributed by atoms with Crippen LogP contribution in [0.1, 0.15) is 26.3 Å². The highest BCUT2D eigenvalue weighted by Crippen LogP contribution is 2.37. The number of ether oxygens (including phenoxy) is 1. The number of anilines is 2. The van der Waals surface area contributed by atoms with Gasteiger partial charge in [0.15, 0.2) is 0 Å². The second-order valence-electron chi connectivity index (χ2n) is 6.59. The third kappa shape index (κ3) is 2.79. The summed E-state index contributed by atoms with van der Waals surface area (Å²) in [5, 5.41) is 4.63. The molecule has 0 saturated heterocycles. The molecule has 0 unspecified atom stereocenters. The van der Waals surface area contributed by atoms with Crippen molar-refractivity contribution in [3.63, 3.8) is 0 Å². The van der Waals surface area contributed by atoms with E-state index in [0.717, 1.165) is 16.5 Å². The van der Waals surface area contributed by atoms with Gasteiger partial charge in [-0.05, 0) is 42.1 Å². The average molecular weight is 374 g/mol. The lowest BCUT2D eigenvalue weighted by molar-refractivity contribution is -0.114. The van der Waals surface area contributed by atoms with Crippen LogP contribution in [-0.4, -0.2) is 31.4 Å². The quantitative estimate of drug-likeness (QED) is 0.709. The SMILES string of the molecule is COC(=O)c1cccc(NC(=O)CN2C(=O)c3cccc4cccc2c34)c1C. The molecule has 1 N–H and O–H groups in total. The summed E-state index contributed by atoms with van der Waals surface area (Å²) in [5.74, 6) is -1.00. The molecule has 6 heteroatoms. The zero-order valence-electron chi connectivity index (χ0n) is 15.5. The molecule has 0 aliphatic carbocycles. The Labute approximate surface area is 161 Å². The smallest absolute Gasteiger partial charge is 0.338 e. The lowest BCUT2D eigenvalue weighted by Gasteiger charge is -2.18. The maximum atomic E-state index is 12.8. The fraction of sp³-hybridized carbons (Fsp3) is 0.136. The van der Waals surface area contributed by atoms with Crippen LogP contribution in [0.5, 0.6) is 0 Å². The molecule has 28 heavy (non-hydrogen) atoms. The van der Waals surface area contributed by atoms with Crippen LogP contribution in [0.2, 0.25) is 0 Å². The minimum absolute atomic E-state index is 0.117. The molecule has 6 nitrogen and oxygen atoms in total. The van der Waals surface area contributed by atoms with Crippen molar-refractivity contribution in [1.82, 2.24) is 0 Å². The summed E-state index contributed by atoms with van der Waals surface area (Å²) in [4.78, 5) is 38.8. The molecule has 0 saturated carbocycles. The monoisotopic (exact) mass is 374 g/mol. The predicted molar refractivity (Wildman–Crippen MR) is 107 cm³/mol. The molecule has 0 fully saturated rings. The van der Waals surface area contributed by atoms with E-state index < -0.39 is 5.97 Å². The van der Waals surface area contributed by atoms with Gasteiger partial charge in [-0.25, -0.2) is 4.79 Å². The molecule has 140 valence electrons. The number of methoxy groups -OCH3 is 1. The number of hydrogen-bond acceptors (Lipinski definition) is 4. The van der Waals surface area contributed by atoms with Crippen LogP contribution < -0.4 is 10.2 Å². The summed E-state index contributed by atoms with van der Waals surface area (Å²) in [6, 6.07) is 16.2. The number of nitrogens with zero attached hydrogens (tertiary/aromatic N) is 1. The first-order valence-corrected chi connectivity index (χ1v) is 8.82. The van der Waals surface area contributed by atoms with Gasteiger partial charge in [-0.3, -0.25) is 14.5 Å². The van der Waals surface area contributed by atoms with E-state index in [9.17, 15) is 14.4 Å².